The fourth-order valence-corrected chi connectivity index (χ4v) is 5.40. The van der Waals surface area contributed by atoms with Crippen molar-refractivity contribution >= 4 is 40.3 Å². The van der Waals surface area contributed by atoms with Crippen molar-refractivity contribution in [1.29, 1.82) is 0 Å². The van der Waals surface area contributed by atoms with Crippen molar-refractivity contribution < 1.29 is 28.0 Å². The zero-order valence-corrected chi connectivity index (χ0v) is 18.0. The number of carbonyl (C=O) groups is 3. The van der Waals surface area contributed by atoms with Crippen LogP contribution in [0.25, 0.3) is 11.0 Å². The molecular formula is C21H24FN5O5. The van der Waals surface area contributed by atoms with Gasteiger partial charge in [-0.3, -0.25) is 20.2 Å². The summed E-state index contributed by atoms with van der Waals surface area (Å²) >= 11 is 0. The van der Waals surface area contributed by atoms with Crippen molar-refractivity contribution in [2.75, 3.05) is 36.0 Å². The number of nitrogens with zero attached hydrogens (tertiary/aromatic N) is 3. The van der Waals surface area contributed by atoms with Crippen molar-refractivity contribution in [3.05, 3.63) is 17.4 Å². The number of imide groups is 2. The van der Waals surface area contributed by atoms with Crippen LogP contribution < -0.4 is 20.4 Å². The summed E-state index contributed by atoms with van der Waals surface area (Å²) in [6, 6.07) is 0.0818. The van der Waals surface area contributed by atoms with Gasteiger partial charge in [0.05, 0.1) is 29.8 Å². The molecule has 0 radical (unpaired) electrons. The minimum Gasteiger partial charge on any atom is -0.374 e. The highest BCUT2D eigenvalue weighted by Gasteiger charge is 2.62. The van der Waals surface area contributed by atoms with Gasteiger partial charge in [-0.05, 0) is 32.4 Å². The number of aromatic nitrogens is 1. The van der Waals surface area contributed by atoms with Crippen LogP contribution in [-0.2, 0) is 20.7 Å². The minimum atomic E-state index is -1.65. The number of halogens is 1. The van der Waals surface area contributed by atoms with Gasteiger partial charge in [0.25, 0.3) is 0 Å². The molecule has 4 heterocycles. The third-order valence-electron chi connectivity index (χ3n) is 6.82. The Bertz CT molecular complexity index is 1120. The van der Waals surface area contributed by atoms with E-state index >= 15 is 4.39 Å². The first kappa shape index (κ1) is 20.7. The second-order valence-electron chi connectivity index (χ2n) is 8.35. The van der Waals surface area contributed by atoms with Crippen LogP contribution >= 0.6 is 0 Å². The molecule has 1 spiro atoms. The second-order valence-corrected chi connectivity index (χ2v) is 8.35. The van der Waals surface area contributed by atoms with E-state index in [1.54, 1.807) is 17.9 Å². The molecule has 0 bridgehead atoms. The quantitative estimate of drug-likeness (QED) is 0.680. The van der Waals surface area contributed by atoms with Crippen LogP contribution in [0.4, 0.5) is 20.7 Å². The van der Waals surface area contributed by atoms with Crippen molar-refractivity contribution in [1.82, 2.24) is 15.8 Å². The monoisotopic (exact) mass is 445 g/mol. The third kappa shape index (κ3) is 2.60. The number of carbonyl (C=O) groups excluding carboxylic acids is 3. The molecule has 0 saturated carbocycles. The topological polar surface area (TPSA) is 117 Å². The van der Waals surface area contributed by atoms with Gasteiger partial charge in [0, 0.05) is 26.1 Å². The first-order valence-corrected chi connectivity index (χ1v) is 10.7. The number of anilines is 2. The average Bonchev–Trinajstić information content (AvgIpc) is 3.17. The highest BCUT2D eigenvalue weighted by Crippen LogP contribution is 2.49. The van der Waals surface area contributed by atoms with Gasteiger partial charge in [-0.2, -0.15) is 0 Å². The summed E-state index contributed by atoms with van der Waals surface area (Å²) in [7, 11) is 0. The molecule has 2 aromatic rings. The summed E-state index contributed by atoms with van der Waals surface area (Å²) in [6.07, 6.45) is -0.643. The van der Waals surface area contributed by atoms with Crippen molar-refractivity contribution in [2.24, 2.45) is 5.41 Å². The van der Waals surface area contributed by atoms with Crippen molar-refractivity contribution in [3.63, 3.8) is 0 Å². The van der Waals surface area contributed by atoms with E-state index in [0.717, 1.165) is 0 Å². The third-order valence-corrected chi connectivity index (χ3v) is 6.82. The van der Waals surface area contributed by atoms with Crippen LogP contribution in [0.1, 0.15) is 26.3 Å². The molecule has 1 aromatic heterocycles. The number of fused-ring (bicyclic) bond motifs is 5. The van der Waals surface area contributed by atoms with Crippen LogP contribution in [0.15, 0.2) is 10.6 Å². The van der Waals surface area contributed by atoms with Gasteiger partial charge in [-0.1, -0.05) is 5.16 Å². The van der Waals surface area contributed by atoms with Gasteiger partial charge in [0.15, 0.2) is 17.1 Å². The fourth-order valence-electron chi connectivity index (χ4n) is 5.40. The molecule has 2 atom stereocenters. The Morgan fingerprint density at radius 2 is 1.94 bits per heavy atom. The summed E-state index contributed by atoms with van der Waals surface area (Å²) in [4.78, 5) is 41.7. The summed E-state index contributed by atoms with van der Waals surface area (Å²) in [6.45, 7) is 7.53. The van der Waals surface area contributed by atoms with Gasteiger partial charge in [0.2, 0.25) is 17.4 Å². The molecule has 4 amide bonds. The number of barbiturate groups is 1. The van der Waals surface area contributed by atoms with E-state index in [-0.39, 0.29) is 24.2 Å². The SMILES string of the molecule is CCN(CC)c1noc2c(F)c3c(cc12)CC1(C(=O)NC(=O)NC1=O)C1C(C)OCCN31. The Labute approximate surface area is 183 Å². The molecule has 2 unspecified atom stereocenters. The van der Waals surface area contributed by atoms with Crippen LogP contribution in [0.2, 0.25) is 0 Å². The van der Waals surface area contributed by atoms with Gasteiger partial charge in [0.1, 0.15) is 0 Å². The highest BCUT2D eigenvalue weighted by atomic mass is 19.1. The van der Waals surface area contributed by atoms with Crippen LogP contribution in [0.5, 0.6) is 0 Å². The number of hydrogen-bond donors (Lipinski definition) is 2. The molecule has 2 fully saturated rings. The maximum Gasteiger partial charge on any atom is 0.328 e. The predicted octanol–water partition coefficient (Wildman–Crippen LogP) is 1.32. The molecule has 10 nitrogen and oxygen atoms in total. The number of urea groups is 1. The number of nitrogens with one attached hydrogen (secondary N) is 2. The number of rotatable bonds is 3. The Balaban J connectivity index is 1.75. The lowest BCUT2D eigenvalue weighted by Gasteiger charge is -2.54. The molecule has 0 aliphatic carbocycles. The standard InChI is InChI=1S/C21H24FN5O5/c1-4-26(5-2)17-12-8-11-9-21(18(28)23-20(30)24-19(21)29)16-10(3)31-7-6-27(16)14(11)13(22)15(12)32-25-17/h8,10,16H,4-7,9H2,1-3H3,(H2,23,24,28,29,30). The van der Waals surface area contributed by atoms with Gasteiger partial charge in [-0.25, -0.2) is 9.18 Å². The Hall–Kier alpha value is -3.21. The molecule has 5 rings (SSSR count). The smallest absolute Gasteiger partial charge is 0.328 e. The van der Waals surface area contributed by atoms with E-state index in [9.17, 15) is 14.4 Å². The number of ether oxygens (including phenoxy) is 1. The molecule has 2 N–H and O–H groups in total. The maximum absolute atomic E-state index is 15.9. The zero-order chi connectivity index (χ0) is 22.8. The van der Waals surface area contributed by atoms with E-state index in [1.165, 1.54) is 0 Å². The van der Waals surface area contributed by atoms with Gasteiger partial charge >= 0.3 is 6.03 Å². The van der Waals surface area contributed by atoms with E-state index in [2.05, 4.69) is 15.8 Å². The highest BCUT2D eigenvalue weighted by molar-refractivity contribution is 6.20. The van der Waals surface area contributed by atoms with E-state index < -0.39 is 41.2 Å². The molecule has 11 heteroatoms. The molecule has 1 aromatic carbocycles. The number of morpholine rings is 1. The average molecular weight is 445 g/mol. The van der Waals surface area contributed by atoms with Gasteiger partial charge in [-0.15, -0.1) is 0 Å². The maximum atomic E-state index is 15.9. The van der Waals surface area contributed by atoms with Crippen LogP contribution in [-0.4, -0.2) is 61.4 Å². The summed E-state index contributed by atoms with van der Waals surface area (Å²) < 4.78 is 27.0. The molecule has 32 heavy (non-hydrogen) atoms. The summed E-state index contributed by atoms with van der Waals surface area (Å²) in [5.74, 6) is -1.49. The van der Waals surface area contributed by atoms with Crippen molar-refractivity contribution in [2.45, 2.75) is 39.3 Å². The van der Waals surface area contributed by atoms with Gasteiger partial charge < -0.3 is 19.1 Å². The van der Waals surface area contributed by atoms with E-state index in [1.807, 2.05) is 18.7 Å². The number of hydrogen-bond acceptors (Lipinski definition) is 8. The minimum absolute atomic E-state index is 0.0345. The largest absolute Gasteiger partial charge is 0.374 e. The van der Waals surface area contributed by atoms with Crippen LogP contribution in [0, 0.1) is 11.2 Å². The van der Waals surface area contributed by atoms with E-state index in [4.69, 9.17) is 9.26 Å². The molecular weight excluding hydrogens is 421 g/mol. The first-order chi connectivity index (χ1) is 15.3. The number of amides is 4. The second kappa shape index (κ2) is 7.16. The Kier molecular flexibility index (Phi) is 4.63. The Morgan fingerprint density at radius 1 is 1.25 bits per heavy atom. The fraction of sp³-hybridized carbons (Fsp3) is 0.524. The Morgan fingerprint density at radius 3 is 2.59 bits per heavy atom. The molecule has 3 aliphatic heterocycles. The summed E-state index contributed by atoms with van der Waals surface area (Å²) in [5, 5.41) is 9.02. The lowest BCUT2D eigenvalue weighted by atomic mass is 9.66. The first-order valence-electron chi connectivity index (χ1n) is 10.7. The van der Waals surface area contributed by atoms with Crippen molar-refractivity contribution in [3.8, 4) is 0 Å². The van der Waals surface area contributed by atoms with E-state index in [0.29, 0.717) is 36.5 Å². The normalized spacial score (nSPS) is 24.2. The summed E-state index contributed by atoms with van der Waals surface area (Å²) in [5.41, 5.74) is -0.847. The predicted molar refractivity (Wildman–Crippen MR) is 112 cm³/mol. The number of benzene rings is 1. The molecule has 2 saturated heterocycles. The van der Waals surface area contributed by atoms with Crippen LogP contribution in [0.3, 0.4) is 0 Å². The molecule has 170 valence electrons. The zero-order valence-electron chi connectivity index (χ0n) is 18.0. The molecule has 3 aliphatic rings. The lowest BCUT2D eigenvalue weighted by molar-refractivity contribution is -0.151. The lowest BCUT2D eigenvalue weighted by Crippen LogP contribution is -2.74.